The van der Waals surface area contributed by atoms with E-state index in [2.05, 4.69) is 15.3 Å². The predicted molar refractivity (Wildman–Crippen MR) is 77.0 cm³/mol. The first-order valence-corrected chi connectivity index (χ1v) is 7.30. The van der Waals surface area contributed by atoms with Gasteiger partial charge in [-0.25, -0.2) is 8.78 Å². The minimum atomic E-state index is -2.55. The van der Waals surface area contributed by atoms with E-state index in [0.717, 1.165) is 17.8 Å². The highest BCUT2D eigenvalue weighted by atomic mass is 19.3. The summed E-state index contributed by atoms with van der Waals surface area (Å²) in [5.74, 6) is -0.392. The third kappa shape index (κ3) is 4.74. The molecule has 6 nitrogen and oxygen atoms in total. The molecule has 0 atom stereocenters. The maximum Gasteiger partial charge on any atom is 0.270 e. The fourth-order valence-electron chi connectivity index (χ4n) is 2.53. The number of ether oxygens (including phenoxy) is 1. The zero-order valence-corrected chi connectivity index (χ0v) is 12.9. The lowest BCUT2D eigenvalue weighted by molar-refractivity contribution is 0.0268. The summed E-state index contributed by atoms with van der Waals surface area (Å²) in [7, 11) is 0. The number of carbonyl (C=O) groups is 1. The van der Waals surface area contributed by atoms with Crippen LogP contribution in [0.1, 0.15) is 24.3 Å². The number of carbonyl (C=O) groups excluding carboxylic acids is 1. The van der Waals surface area contributed by atoms with Crippen molar-refractivity contribution in [3.05, 3.63) is 18.0 Å². The van der Waals surface area contributed by atoms with Crippen molar-refractivity contribution >= 4 is 5.91 Å². The quantitative estimate of drug-likeness (QED) is 0.850. The third-order valence-corrected chi connectivity index (χ3v) is 3.43. The molecule has 1 amide bonds. The molecule has 1 aliphatic rings. The van der Waals surface area contributed by atoms with Gasteiger partial charge in [-0.05, 0) is 19.9 Å². The highest BCUT2D eigenvalue weighted by Crippen LogP contribution is 2.11. The first-order chi connectivity index (χ1) is 10.4. The molecular weight excluding hydrogens is 294 g/mol. The smallest absolute Gasteiger partial charge is 0.270 e. The van der Waals surface area contributed by atoms with Crippen LogP contribution in [0.2, 0.25) is 0 Å². The predicted octanol–water partition coefficient (Wildman–Crippen LogP) is 0.989. The van der Waals surface area contributed by atoms with Crippen molar-refractivity contribution in [3.63, 3.8) is 0 Å². The summed E-state index contributed by atoms with van der Waals surface area (Å²) in [4.78, 5) is 14.5. The van der Waals surface area contributed by atoms with E-state index in [1.807, 2.05) is 13.8 Å². The maximum atomic E-state index is 12.5. The Morgan fingerprint density at radius 2 is 2.14 bits per heavy atom. The zero-order chi connectivity index (χ0) is 16.2. The molecular formula is C14H22F2N4O2. The van der Waals surface area contributed by atoms with Crippen molar-refractivity contribution in [1.29, 1.82) is 0 Å². The molecule has 1 aliphatic heterocycles. The molecule has 0 unspecified atom stereocenters. The molecule has 0 aromatic carbocycles. The molecule has 2 rings (SSSR count). The Labute approximate surface area is 128 Å². The SMILES string of the molecule is CC(C)(CN1CCOCC1)NC(=O)c1ccnn1CC(F)F. The number of rotatable bonds is 6. The van der Waals surface area contributed by atoms with Crippen LogP contribution in [0.3, 0.4) is 0 Å². The molecule has 1 N–H and O–H groups in total. The second kappa shape index (κ2) is 7.15. The van der Waals surface area contributed by atoms with E-state index in [1.165, 1.54) is 12.3 Å². The maximum absolute atomic E-state index is 12.5. The largest absolute Gasteiger partial charge is 0.379 e. The van der Waals surface area contributed by atoms with E-state index in [0.29, 0.717) is 19.8 Å². The van der Waals surface area contributed by atoms with Crippen molar-refractivity contribution in [1.82, 2.24) is 20.0 Å². The zero-order valence-electron chi connectivity index (χ0n) is 12.9. The van der Waals surface area contributed by atoms with Gasteiger partial charge in [-0.15, -0.1) is 0 Å². The Hall–Kier alpha value is -1.54. The third-order valence-electron chi connectivity index (χ3n) is 3.43. The van der Waals surface area contributed by atoms with Crippen molar-refractivity contribution < 1.29 is 18.3 Å². The van der Waals surface area contributed by atoms with Crippen LogP contribution in [0.4, 0.5) is 8.78 Å². The van der Waals surface area contributed by atoms with Crippen LogP contribution in [0.15, 0.2) is 12.3 Å². The molecule has 1 aromatic heterocycles. The van der Waals surface area contributed by atoms with E-state index in [1.54, 1.807) is 0 Å². The molecule has 124 valence electrons. The van der Waals surface area contributed by atoms with Crippen molar-refractivity contribution in [2.24, 2.45) is 0 Å². The van der Waals surface area contributed by atoms with Crippen molar-refractivity contribution in [3.8, 4) is 0 Å². The molecule has 8 heteroatoms. The molecule has 0 bridgehead atoms. The summed E-state index contributed by atoms with van der Waals surface area (Å²) in [5, 5.41) is 6.66. The van der Waals surface area contributed by atoms with Gasteiger partial charge in [0.1, 0.15) is 12.2 Å². The summed E-state index contributed by atoms with van der Waals surface area (Å²) >= 11 is 0. The van der Waals surface area contributed by atoms with Gasteiger partial charge in [-0.2, -0.15) is 5.10 Å². The Morgan fingerprint density at radius 3 is 2.77 bits per heavy atom. The first kappa shape index (κ1) is 16.8. The number of nitrogens with one attached hydrogen (secondary N) is 1. The van der Waals surface area contributed by atoms with Crippen molar-refractivity contribution in [2.75, 3.05) is 32.8 Å². The van der Waals surface area contributed by atoms with Gasteiger partial charge in [0.2, 0.25) is 0 Å². The average Bonchev–Trinajstić information content (AvgIpc) is 2.86. The first-order valence-electron chi connectivity index (χ1n) is 7.30. The van der Waals surface area contributed by atoms with Gasteiger partial charge in [0, 0.05) is 31.4 Å². The number of hydrogen-bond donors (Lipinski definition) is 1. The monoisotopic (exact) mass is 316 g/mol. The Kier molecular flexibility index (Phi) is 5.47. The average molecular weight is 316 g/mol. The van der Waals surface area contributed by atoms with Crippen LogP contribution < -0.4 is 5.32 Å². The number of hydrogen-bond acceptors (Lipinski definition) is 4. The fraction of sp³-hybridized carbons (Fsp3) is 0.714. The van der Waals surface area contributed by atoms with Crippen molar-refractivity contribution in [2.45, 2.75) is 32.4 Å². The van der Waals surface area contributed by atoms with Gasteiger partial charge >= 0.3 is 0 Å². The fourth-order valence-corrected chi connectivity index (χ4v) is 2.53. The van der Waals surface area contributed by atoms with Gasteiger partial charge in [0.05, 0.1) is 13.2 Å². The van der Waals surface area contributed by atoms with Crippen LogP contribution in [-0.4, -0.2) is 65.4 Å². The van der Waals surface area contributed by atoms with E-state index in [-0.39, 0.29) is 5.69 Å². The number of morpholine rings is 1. The van der Waals surface area contributed by atoms with Crippen LogP contribution in [0.5, 0.6) is 0 Å². The van der Waals surface area contributed by atoms with Gasteiger partial charge in [-0.3, -0.25) is 14.4 Å². The van der Waals surface area contributed by atoms with Crippen LogP contribution in [-0.2, 0) is 11.3 Å². The summed E-state index contributed by atoms with van der Waals surface area (Å²) in [6.45, 7) is 6.93. The lowest BCUT2D eigenvalue weighted by Crippen LogP contribution is -2.53. The molecule has 1 saturated heterocycles. The lowest BCUT2D eigenvalue weighted by Gasteiger charge is -2.35. The second-order valence-corrected chi connectivity index (χ2v) is 6.02. The molecule has 1 aromatic rings. The van der Waals surface area contributed by atoms with Gasteiger partial charge in [-0.1, -0.05) is 0 Å². The Morgan fingerprint density at radius 1 is 1.45 bits per heavy atom. The topological polar surface area (TPSA) is 59.4 Å². The Balaban J connectivity index is 1.96. The molecule has 0 aliphatic carbocycles. The summed E-state index contributed by atoms with van der Waals surface area (Å²) in [6, 6.07) is 1.45. The van der Waals surface area contributed by atoms with E-state index in [9.17, 15) is 13.6 Å². The number of nitrogens with zero attached hydrogens (tertiary/aromatic N) is 3. The Bertz CT molecular complexity index is 499. The molecule has 2 heterocycles. The number of amides is 1. The lowest BCUT2D eigenvalue weighted by atomic mass is 10.0. The van der Waals surface area contributed by atoms with Gasteiger partial charge in [0.15, 0.2) is 0 Å². The highest BCUT2D eigenvalue weighted by molar-refractivity contribution is 5.93. The van der Waals surface area contributed by atoms with E-state index < -0.39 is 24.4 Å². The number of halogens is 2. The van der Waals surface area contributed by atoms with Crippen LogP contribution in [0, 0.1) is 0 Å². The molecule has 0 saturated carbocycles. The summed E-state index contributed by atoms with van der Waals surface area (Å²) in [5.41, 5.74) is -0.329. The molecule has 0 spiro atoms. The van der Waals surface area contributed by atoms with E-state index in [4.69, 9.17) is 4.74 Å². The molecule has 22 heavy (non-hydrogen) atoms. The number of aromatic nitrogens is 2. The number of alkyl halides is 2. The highest BCUT2D eigenvalue weighted by Gasteiger charge is 2.27. The second-order valence-electron chi connectivity index (χ2n) is 6.02. The van der Waals surface area contributed by atoms with Gasteiger partial charge in [0.25, 0.3) is 12.3 Å². The molecule has 1 fully saturated rings. The standard InChI is InChI=1S/C14H22F2N4O2/c1-14(2,10-19-5-7-22-8-6-19)18-13(21)11-3-4-17-20(11)9-12(15)16/h3-4,12H,5-10H2,1-2H3,(H,18,21). The van der Waals surface area contributed by atoms with Crippen LogP contribution in [0.25, 0.3) is 0 Å². The normalized spacial score (nSPS) is 17.0. The minimum absolute atomic E-state index is 0.148. The van der Waals surface area contributed by atoms with Crippen LogP contribution >= 0.6 is 0 Å². The van der Waals surface area contributed by atoms with Gasteiger partial charge < -0.3 is 10.1 Å². The minimum Gasteiger partial charge on any atom is -0.379 e. The summed E-state index contributed by atoms with van der Waals surface area (Å²) in [6.07, 6.45) is -1.19. The van der Waals surface area contributed by atoms with E-state index >= 15 is 0 Å². The molecule has 0 radical (unpaired) electrons. The summed E-state index contributed by atoms with van der Waals surface area (Å²) < 4.78 is 31.3.